The smallest absolute Gasteiger partial charge is 0.229 e. The van der Waals surface area contributed by atoms with E-state index < -0.39 is 0 Å². The van der Waals surface area contributed by atoms with Crippen LogP contribution in [0.5, 0.6) is 0 Å². The van der Waals surface area contributed by atoms with E-state index in [2.05, 4.69) is 15.2 Å². The molecule has 0 saturated carbocycles. The largest absolute Gasteiger partial charge is 0.349 e. The molecule has 7 heteroatoms. The zero-order valence-electron chi connectivity index (χ0n) is 19.3. The van der Waals surface area contributed by atoms with E-state index in [9.17, 15) is 9.59 Å². The minimum absolute atomic E-state index is 0.0336. The Hall–Kier alpha value is -2.44. The van der Waals surface area contributed by atoms with Gasteiger partial charge in [0.15, 0.2) is 0 Å². The van der Waals surface area contributed by atoms with Crippen LogP contribution in [0, 0.1) is 5.41 Å². The van der Waals surface area contributed by atoms with Crippen molar-refractivity contribution in [3.05, 3.63) is 64.9 Å². The zero-order valence-corrected chi connectivity index (χ0v) is 20.1. The molecule has 2 aromatic rings. The van der Waals surface area contributed by atoms with E-state index >= 15 is 0 Å². The second kappa shape index (κ2) is 10.7. The Morgan fingerprint density at radius 2 is 1.88 bits per heavy atom. The Bertz CT molecular complexity index is 943. The summed E-state index contributed by atoms with van der Waals surface area (Å²) < 4.78 is 0. The Balaban J connectivity index is 1.31. The molecule has 0 aliphatic carbocycles. The molecule has 6 nitrogen and oxygen atoms in total. The number of likely N-dealkylation sites (tertiary alicyclic amines) is 2. The summed E-state index contributed by atoms with van der Waals surface area (Å²) in [7, 11) is 0. The molecule has 2 aliphatic heterocycles. The van der Waals surface area contributed by atoms with Gasteiger partial charge in [0.1, 0.15) is 0 Å². The van der Waals surface area contributed by atoms with E-state index in [1.54, 1.807) is 6.20 Å². The van der Waals surface area contributed by atoms with Crippen molar-refractivity contribution in [2.75, 3.05) is 26.2 Å². The molecule has 1 aromatic heterocycles. The summed E-state index contributed by atoms with van der Waals surface area (Å²) in [6.07, 6.45) is 7.66. The molecule has 176 valence electrons. The summed E-state index contributed by atoms with van der Waals surface area (Å²) in [5.41, 5.74) is 1.96. The summed E-state index contributed by atoms with van der Waals surface area (Å²) in [5, 5.41) is 3.85. The molecule has 1 N–H and O–H groups in total. The van der Waals surface area contributed by atoms with Gasteiger partial charge in [-0.15, -0.1) is 0 Å². The first kappa shape index (κ1) is 23.7. The summed E-state index contributed by atoms with van der Waals surface area (Å²) in [4.78, 5) is 33.9. The van der Waals surface area contributed by atoms with Crippen molar-refractivity contribution in [2.24, 2.45) is 5.41 Å². The van der Waals surface area contributed by atoms with Crippen molar-refractivity contribution < 1.29 is 9.59 Å². The number of amides is 2. The number of nitrogens with zero attached hydrogens (tertiary/aromatic N) is 3. The second-order valence-corrected chi connectivity index (χ2v) is 9.71. The van der Waals surface area contributed by atoms with Gasteiger partial charge in [-0.3, -0.25) is 14.6 Å². The van der Waals surface area contributed by atoms with E-state index in [4.69, 9.17) is 11.6 Å². The summed E-state index contributed by atoms with van der Waals surface area (Å²) in [5.74, 6) is 0.359. The van der Waals surface area contributed by atoms with Crippen LogP contribution >= 0.6 is 11.6 Å². The molecule has 0 radical (unpaired) electrons. The van der Waals surface area contributed by atoms with Crippen molar-refractivity contribution in [3.8, 4) is 0 Å². The molecule has 1 aromatic carbocycles. The van der Waals surface area contributed by atoms with Crippen LogP contribution in [0.3, 0.4) is 0 Å². The number of carbonyl (C=O) groups is 2. The van der Waals surface area contributed by atoms with E-state index in [-0.39, 0.29) is 17.4 Å². The van der Waals surface area contributed by atoms with Crippen LogP contribution in [0.2, 0.25) is 5.02 Å². The molecule has 2 fully saturated rings. The van der Waals surface area contributed by atoms with Crippen LogP contribution in [0.4, 0.5) is 0 Å². The Morgan fingerprint density at radius 1 is 1.15 bits per heavy atom. The summed E-state index contributed by atoms with van der Waals surface area (Å²) >= 11 is 6.05. The van der Waals surface area contributed by atoms with Gasteiger partial charge in [0, 0.05) is 43.5 Å². The van der Waals surface area contributed by atoms with Gasteiger partial charge in [0.2, 0.25) is 11.8 Å². The highest BCUT2D eigenvalue weighted by Gasteiger charge is 2.47. The minimum Gasteiger partial charge on any atom is -0.349 e. The number of piperidine rings is 1. The van der Waals surface area contributed by atoms with Crippen LogP contribution in [0.1, 0.15) is 56.2 Å². The number of halogens is 1. The molecule has 2 aliphatic rings. The van der Waals surface area contributed by atoms with Gasteiger partial charge in [-0.25, -0.2) is 0 Å². The van der Waals surface area contributed by atoms with Crippen molar-refractivity contribution in [1.29, 1.82) is 0 Å². The third-order valence-corrected chi connectivity index (χ3v) is 7.43. The van der Waals surface area contributed by atoms with Crippen LogP contribution in [-0.4, -0.2) is 52.8 Å². The molecule has 0 bridgehead atoms. The first-order valence-corrected chi connectivity index (χ1v) is 12.3. The lowest BCUT2D eigenvalue weighted by atomic mass is 9.77. The van der Waals surface area contributed by atoms with Gasteiger partial charge in [0.25, 0.3) is 0 Å². The summed E-state index contributed by atoms with van der Waals surface area (Å²) in [6.45, 7) is 6.08. The van der Waals surface area contributed by atoms with E-state index in [0.29, 0.717) is 23.9 Å². The van der Waals surface area contributed by atoms with Crippen LogP contribution in [-0.2, 0) is 16.1 Å². The first-order chi connectivity index (χ1) is 16.0. The highest BCUT2D eigenvalue weighted by Crippen LogP contribution is 2.42. The van der Waals surface area contributed by atoms with Crippen molar-refractivity contribution in [1.82, 2.24) is 20.1 Å². The minimum atomic E-state index is -0.204. The standard InChI is InChI=1S/C26H33ClN4O2/c1-2-24(32)29-23(21-5-7-22(27)8-6-21)9-14-30-15-10-26(11-16-30)12-17-31(25(26)33)19-20-4-3-13-28-18-20/h3-8,13,18,23H,2,9-12,14-17,19H2,1H3,(H,29,32). The zero-order chi connectivity index (χ0) is 23.3. The second-order valence-electron chi connectivity index (χ2n) is 9.27. The molecular formula is C26H33ClN4O2. The fourth-order valence-corrected chi connectivity index (χ4v) is 5.18. The van der Waals surface area contributed by atoms with E-state index in [1.807, 2.05) is 54.4 Å². The molecule has 1 spiro atoms. The molecular weight excluding hydrogens is 436 g/mol. The summed E-state index contributed by atoms with van der Waals surface area (Å²) in [6, 6.07) is 11.6. The monoisotopic (exact) mass is 468 g/mol. The van der Waals surface area contributed by atoms with Crippen molar-refractivity contribution >= 4 is 23.4 Å². The Morgan fingerprint density at radius 3 is 2.55 bits per heavy atom. The van der Waals surface area contributed by atoms with Crippen molar-refractivity contribution in [2.45, 2.75) is 51.6 Å². The number of hydrogen-bond donors (Lipinski definition) is 1. The van der Waals surface area contributed by atoms with Gasteiger partial charge < -0.3 is 15.1 Å². The van der Waals surface area contributed by atoms with Gasteiger partial charge in [-0.1, -0.05) is 36.7 Å². The first-order valence-electron chi connectivity index (χ1n) is 11.9. The highest BCUT2D eigenvalue weighted by molar-refractivity contribution is 6.30. The number of benzene rings is 1. The lowest BCUT2D eigenvalue weighted by Gasteiger charge is -2.38. The van der Waals surface area contributed by atoms with Crippen LogP contribution in [0.25, 0.3) is 0 Å². The number of aromatic nitrogens is 1. The molecule has 1 atom stereocenters. The third kappa shape index (κ3) is 5.74. The van der Waals surface area contributed by atoms with Gasteiger partial charge >= 0.3 is 0 Å². The molecule has 4 rings (SSSR count). The maximum absolute atomic E-state index is 13.3. The maximum Gasteiger partial charge on any atom is 0.229 e. The molecule has 33 heavy (non-hydrogen) atoms. The molecule has 2 saturated heterocycles. The molecule has 3 heterocycles. The number of nitrogens with one attached hydrogen (secondary N) is 1. The molecule has 1 unspecified atom stereocenters. The topological polar surface area (TPSA) is 65.5 Å². The van der Waals surface area contributed by atoms with E-state index in [1.165, 1.54) is 0 Å². The van der Waals surface area contributed by atoms with Crippen LogP contribution < -0.4 is 5.32 Å². The predicted octanol–water partition coefficient (Wildman–Crippen LogP) is 4.21. The third-order valence-electron chi connectivity index (χ3n) is 7.17. The highest BCUT2D eigenvalue weighted by atomic mass is 35.5. The SMILES string of the molecule is CCC(=O)NC(CCN1CCC2(CC1)CCN(Cc1cccnc1)C2=O)c1ccc(Cl)cc1. The fraction of sp³-hybridized carbons (Fsp3) is 0.500. The predicted molar refractivity (Wildman–Crippen MR) is 130 cm³/mol. The normalized spacial score (nSPS) is 19.1. The average molecular weight is 469 g/mol. The quantitative estimate of drug-likeness (QED) is 0.630. The maximum atomic E-state index is 13.3. The van der Waals surface area contributed by atoms with Gasteiger partial charge in [-0.2, -0.15) is 0 Å². The fourth-order valence-electron chi connectivity index (χ4n) is 5.05. The lowest BCUT2D eigenvalue weighted by Crippen LogP contribution is -2.45. The van der Waals surface area contributed by atoms with Crippen LogP contribution in [0.15, 0.2) is 48.8 Å². The lowest BCUT2D eigenvalue weighted by molar-refractivity contribution is -0.139. The number of rotatable bonds is 8. The van der Waals surface area contributed by atoms with Gasteiger partial charge in [0.05, 0.1) is 11.5 Å². The van der Waals surface area contributed by atoms with Gasteiger partial charge in [-0.05, 0) is 68.1 Å². The van der Waals surface area contributed by atoms with Crippen molar-refractivity contribution in [3.63, 3.8) is 0 Å². The van der Waals surface area contributed by atoms with E-state index in [0.717, 1.165) is 63.0 Å². The number of hydrogen-bond acceptors (Lipinski definition) is 4. The Labute approximate surface area is 201 Å². The average Bonchev–Trinajstić information content (AvgIpc) is 3.13. The number of carbonyl (C=O) groups excluding carboxylic acids is 2. The molecule has 2 amide bonds. The Kier molecular flexibility index (Phi) is 7.66. The number of pyridine rings is 1.